The summed E-state index contributed by atoms with van der Waals surface area (Å²) in [7, 11) is 0. The summed E-state index contributed by atoms with van der Waals surface area (Å²) in [6.45, 7) is 6.64. The van der Waals surface area contributed by atoms with Gasteiger partial charge in [0.15, 0.2) is 0 Å². The van der Waals surface area contributed by atoms with Crippen LogP contribution in [0.1, 0.15) is 32.4 Å². The summed E-state index contributed by atoms with van der Waals surface area (Å²) < 4.78 is 7.36. The topological polar surface area (TPSA) is 27.1 Å². The molecule has 1 rings (SSSR count). The van der Waals surface area contributed by atoms with Gasteiger partial charge >= 0.3 is 0 Å². The first-order valence-corrected chi connectivity index (χ1v) is 4.97. The highest BCUT2D eigenvalue weighted by molar-refractivity contribution is 4.98. The van der Waals surface area contributed by atoms with E-state index in [0.29, 0.717) is 6.61 Å². The van der Waals surface area contributed by atoms with Gasteiger partial charge < -0.3 is 4.74 Å². The van der Waals surface area contributed by atoms with Gasteiger partial charge in [0.1, 0.15) is 0 Å². The van der Waals surface area contributed by atoms with Gasteiger partial charge in [0.25, 0.3) is 0 Å². The van der Waals surface area contributed by atoms with Crippen molar-refractivity contribution >= 4 is 0 Å². The van der Waals surface area contributed by atoms with E-state index in [4.69, 9.17) is 4.74 Å². The number of hydrogen-bond acceptors (Lipinski definition) is 2. The van der Waals surface area contributed by atoms with Gasteiger partial charge in [-0.05, 0) is 19.4 Å². The van der Waals surface area contributed by atoms with Crippen LogP contribution in [0, 0.1) is 0 Å². The van der Waals surface area contributed by atoms with Crippen LogP contribution in [-0.4, -0.2) is 16.4 Å². The third-order valence-corrected chi connectivity index (χ3v) is 1.98. The summed E-state index contributed by atoms with van der Waals surface area (Å²) >= 11 is 0. The normalized spacial score (nSPS) is 10.6. The zero-order valence-corrected chi connectivity index (χ0v) is 8.49. The van der Waals surface area contributed by atoms with Gasteiger partial charge in [0.2, 0.25) is 0 Å². The van der Waals surface area contributed by atoms with Crippen molar-refractivity contribution in [2.24, 2.45) is 0 Å². The van der Waals surface area contributed by atoms with E-state index in [2.05, 4.69) is 12.0 Å². The van der Waals surface area contributed by atoms with Crippen LogP contribution < -0.4 is 0 Å². The predicted octanol–water partition coefficient (Wildman–Crippen LogP) is 2.22. The van der Waals surface area contributed by atoms with Crippen molar-refractivity contribution in [3.05, 3.63) is 18.0 Å². The molecule has 0 saturated heterocycles. The van der Waals surface area contributed by atoms with Gasteiger partial charge in [0.05, 0.1) is 12.3 Å². The van der Waals surface area contributed by atoms with Crippen molar-refractivity contribution in [2.75, 3.05) is 6.61 Å². The van der Waals surface area contributed by atoms with Gasteiger partial charge in [0, 0.05) is 19.3 Å². The number of hydrogen-bond donors (Lipinski definition) is 0. The molecule has 1 aromatic heterocycles. The molecule has 3 nitrogen and oxygen atoms in total. The first kappa shape index (κ1) is 10.3. The van der Waals surface area contributed by atoms with Gasteiger partial charge in [-0.15, -0.1) is 0 Å². The van der Waals surface area contributed by atoms with Crippen LogP contribution in [0.3, 0.4) is 0 Å². The van der Waals surface area contributed by atoms with E-state index in [1.54, 1.807) is 0 Å². The van der Waals surface area contributed by atoms with Gasteiger partial charge in [-0.25, -0.2) is 0 Å². The molecule has 1 heterocycles. The fraction of sp³-hybridized carbons (Fsp3) is 0.700. The minimum absolute atomic E-state index is 0.681. The molecule has 74 valence electrons. The molecular weight excluding hydrogens is 164 g/mol. The first-order valence-electron chi connectivity index (χ1n) is 4.97. The Labute approximate surface area is 79.7 Å². The lowest BCUT2D eigenvalue weighted by molar-refractivity contribution is 0.127. The van der Waals surface area contributed by atoms with Crippen LogP contribution in [0.4, 0.5) is 0 Å². The van der Waals surface area contributed by atoms with E-state index < -0.39 is 0 Å². The SMILES string of the molecule is CCCCn1nccc1COCC. The van der Waals surface area contributed by atoms with E-state index >= 15 is 0 Å². The maximum Gasteiger partial charge on any atom is 0.0884 e. The second-order valence-corrected chi connectivity index (χ2v) is 3.04. The minimum atomic E-state index is 0.681. The molecule has 0 bridgehead atoms. The van der Waals surface area contributed by atoms with Crippen molar-refractivity contribution in [2.45, 2.75) is 39.8 Å². The van der Waals surface area contributed by atoms with E-state index in [1.807, 2.05) is 23.9 Å². The summed E-state index contributed by atoms with van der Waals surface area (Å²) in [6, 6.07) is 2.02. The highest BCUT2D eigenvalue weighted by atomic mass is 16.5. The lowest BCUT2D eigenvalue weighted by Gasteiger charge is -2.06. The zero-order chi connectivity index (χ0) is 9.52. The zero-order valence-electron chi connectivity index (χ0n) is 8.49. The number of aryl methyl sites for hydroxylation is 1. The molecule has 0 aliphatic rings. The predicted molar refractivity (Wildman–Crippen MR) is 52.5 cm³/mol. The second kappa shape index (κ2) is 5.75. The van der Waals surface area contributed by atoms with E-state index in [0.717, 1.165) is 13.2 Å². The summed E-state index contributed by atoms with van der Waals surface area (Å²) in [5.74, 6) is 0. The van der Waals surface area contributed by atoms with E-state index in [9.17, 15) is 0 Å². The van der Waals surface area contributed by atoms with Gasteiger partial charge in [-0.1, -0.05) is 13.3 Å². The standard InChI is InChI=1S/C10H18N2O/c1-3-5-8-12-10(6-7-11-12)9-13-4-2/h6-7H,3-5,8-9H2,1-2H3. The Balaban J connectivity index is 2.45. The van der Waals surface area contributed by atoms with Crippen LogP contribution in [-0.2, 0) is 17.9 Å². The number of aromatic nitrogens is 2. The number of nitrogens with zero attached hydrogens (tertiary/aromatic N) is 2. The van der Waals surface area contributed by atoms with Crippen LogP contribution in [0.2, 0.25) is 0 Å². The summed E-state index contributed by atoms with van der Waals surface area (Å²) in [5, 5.41) is 4.24. The molecule has 0 amide bonds. The molecule has 1 aromatic rings. The smallest absolute Gasteiger partial charge is 0.0884 e. The molecule has 13 heavy (non-hydrogen) atoms. The summed E-state index contributed by atoms with van der Waals surface area (Å²) in [4.78, 5) is 0. The van der Waals surface area contributed by atoms with Crippen LogP contribution >= 0.6 is 0 Å². The average molecular weight is 182 g/mol. The molecule has 0 aliphatic heterocycles. The largest absolute Gasteiger partial charge is 0.375 e. The molecule has 3 heteroatoms. The fourth-order valence-corrected chi connectivity index (χ4v) is 1.20. The van der Waals surface area contributed by atoms with Crippen LogP contribution in [0.5, 0.6) is 0 Å². The Morgan fingerprint density at radius 1 is 1.46 bits per heavy atom. The van der Waals surface area contributed by atoms with Crippen molar-refractivity contribution in [1.29, 1.82) is 0 Å². The monoisotopic (exact) mass is 182 g/mol. The molecule has 0 fully saturated rings. The molecule has 0 N–H and O–H groups in total. The average Bonchev–Trinajstić information content (AvgIpc) is 2.59. The second-order valence-electron chi connectivity index (χ2n) is 3.04. The summed E-state index contributed by atoms with van der Waals surface area (Å²) in [6.07, 6.45) is 4.22. The quantitative estimate of drug-likeness (QED) is 0.674. The maximum atomic E-state index is 5.34. The maximum absolute atomic E-state index is 5.34. The lowest BCUT2D eigenvalue weighted by atomic mass is 10.3. The highest BCUT2D eigenvalue weighted by Gasteiger charge is 2.00. The fourth-order valence-electron chi connectivity index (χ4n) is 1.20. The highest BCUT2D eigenvalue weighted by Crippen LogP contribution is 2.03. The molecule has 0 aromatic carbocycles. The van der Waals surface area contributed by atoms with Gasteiger partial charge in [-0.3, -0.25) is 4.68 Å². The van der Waals surface area contributed by atoms with E-state index in [1.165, 1.54) is 18.5 Å². The van der Waals surface area contributed by atoms with Crippen molar-refractivity contribution in [3.63, 3.8) is 0 Å². The minimum Gasteiger partial charge on any atom is -0.375 e. The van der Waals surface area contributed by atoms with Crippen LogP contribution in [0.15, 0.2) is 12.3 Å². The first-order chi connectivity index (χ1) is 6.38. The molecule has 0 unspecified atom stereocenters. The molecule has 0 saturated carbocycles. The molecule has 0 aliphatic carbocycles. The van der Waals surface area contributed by atoms with Crippen molar-refractivity contribution in [1.82, 2.24) is 9.78 Å². The van der Waals surface area contributed by atoms with Gasteiger partial charge in [-0.2, -0.15) is 5.10 Å². The molecular formula is C10H18N2O. The van der Waals surface area contributed by atoms with Crippen molar-refractivity contribution in [3.8, 4) is 0 Å². The number of rotatable bonds is 6. The molecule has 0 spiro atoms. The Morgan fingerprint density at radius 3 is 3.00 bits per heavy atom. The van der Waals surface area contributed by atoms with Crippen LogP contribution in [0.25, 0.3) is 0 Å². The number of unbranched alkanes of at least 4 members (excludes halogenated alkanes) is 1. The van der Waals surface area contributed by atoms with Crippen molar-refractivity contribution < 1.29 is 4.74 Å². The number of ether oxygens (including phenoxy) is 1. The Morgan fingerprint density at radius 2 is 2.31 bits per heavy atom. The van der Waals surface area contributed by atoms with E-state index in [-0.39, 0.29) is 0 Å². The molecule has 0 radical (unpaired) electrons. The Kier molecular flexibility index (Phi) is 4.54. The Hall–Kier alpha value is -0.830. The third kappa shape index (κ3) is 3.19. The molecule has 0 atom stereocenters. The summed E-state index contributed by atoms with van der Waals surface area (Å²) in [5.41, 5.74) is 1.18. The lowest BCUT2D eigenvalue weighted by Crippen LogP contribution is -2.06. The Bertz CT molecular complexity index is 210. The third-order valence-electron chi connectivity index (χ3n) is 1.98.